The highest BCUT2D eigenvalue weighted by Gasteiger charge is 2.18. The SMILES string of the molecule is CC(=O)[C@H](OOS(C)=O)c1ccccc1. The Labute approximate surface area is 90.8 Å². The van der Waals surface area contributed by atoms with Gasteiger partial charge < -0.3 is 0 Å². The topological polar surface area (TPSA) is 52.6 Å². The molecule has 0 radical (unpaired) electrons. The van der Waals surface area contributed by atoms with Crippen LogP contribution in [0.2, 0.25) is 0 Å². The Hall–Kier alpha value is -1.04. The summed E-state index contributed by atoms with van der Waals surface area (Å²) in [6, 6.07) is 8.90. The number of carbonyl (C=O) groups excluding carboxylic acids is 1. The Morgan fingerprint density at radius 2 is 1.93 bits per heavy atom. The van der Waals surface area contributed by atoms with Crippen molar-refractivity contribution >= 4 is 16.9 Å². The third-order valence-corrected chi connectivity index (χ3v) is 1.97. The van der Waals surface area contributed by atoms with Crippen molar-refractivity contribution in [3.8, 4) is 0 Å². The van der Waals surface area contributed by atoms with Gasteiger partial charge in [-0.05, 0) is 12.5 Å². The second kappa shape index (κ2) is 5.75. The molecule has 0 aromatic heterocycles. The lowest BCUT2D eigenvalue weighted by Crippen LogP contribution is -2.13. The lowest BCUT2D eigenvalue weighted by atomic mass is 10.1. The summed E-state index contributed by atoms with van der Waals surface area (Å²) in [5.41, 5.74) is 0.676. The molecule has 0 saturated heterocycles. The maximum Gasteiger partial charge on any atom is 0.184 e. The molecule has 0 spiro atoms. The number of Topliss-reactive ketones (excluding diaryl/α,β-unsaturated/α-hetero) is 1. The number of benzene rings is 1. The summed E-state index contributed by atoms with van der Waals surface area (Å²) in [6.45, 7) is 1.39. The van der Waals surface area contributed by atoms with E-state index in [1.807, 2.05) is 6.07 Å². The zero-order valence-corrected chi connectivity index (χ0v) is 9.32. The van der Waals surface area contributed by atoms with Gasteiger partial charge >= 0.3 is 0 Å². The molecule has 1 aromatic rings. The first-order valence-electron chi connectivity index (χ1n) is 4.34. The lowest BCUT2D eigenvalue weighted by Gasteiger charge is -2.12. The quantitative estimate of drug-likeness (QED) is 0.567. The maximum absolute atomic E-state index is 11.3. The second-order valence-electron chi connectivity index (χ2n) is 2.97. The minimum atomic E-state index is -1.55. The molecule has 15 heavy (non-hydrogen) atoms. The molecule has 0 bridgehead atoms. The van der Waals surface area contributed by atoms with E-state index in [1.165, 1.54) is 13.2 Å². The monoisotopic (exact) mass is 228 g/mol. The van der Waals surface area contributed by atoms with Crippen LogP contribution in [0.1, 0.15) is 18.6 Å². The van der Waals surface area contributed by atoms with E-state index < -0.39 is 17.2 Å². The Kier molecular flexibility index (Phi) is 4.61. The van der Waals surface area contributed by atoms with Gasteiger partial charge in [0.15, 0.2) is 23.0 Å². The van der Waals surface area contributed by atoms with Gasteiger partial charge in [-0.25, -0.2) is 9.10 Å². The van der Waals surface area contributed by atoms with Crippen molar-refractivity contribution in [2.24, 2.45) is 0 Å². The van der Waals surface area contributed by atoms with Gasteiger partial charge in [0.25, 0.3) is 0 Å². The fourth-order valence-electron chi connectivity index (χ4n) is 1.08. The first kappa shape index (κ1) is 12.0. The van der Waals surface area contributed by atoms with Crippen LogP contribution >= 0.6 is 0 Å². The summed E-state index contributed by atoms with van der Waals surface area (Å²) in [6.07, 6.45) is 0.498. The fraction of sp³-hybridized carbons (Fsp3) is 0.300. The molecule has 0 N–H and O–H groups in total. The highest BCUT2D eigenvalue weighted by atomic mass is 32.2. The van der Waals surface area contributed by atoms with Crippen LogP contribution in [0.5, 0.6) is 0 Å². The van der Waals surface area contributed by atoms with E-state index in [-0.39, 0.29) is 5.78 Å². The molecule has 4 nitrogen and oxygen atoms in total. The van der Waals surface area contributed by atoms with E-state index in [4.69, 9.17) is 4.89 Å². The van der Waals surface area contributed by atoms with Crippen LogP contribution in [0.15, 0.2) is 30.3 Å². The predicted octanol–water partition coefficient (Wildman–Crippen LogP) is 1.56. The number of hydrogen-bond acceptors (Lipinski definition) is 4. The van der Waals surface area contributed by atoms with Gasteiger partial charge in [0, 0.05) is 6.26 Å². The first-order valence-corrected chi connectivity index (χ1v) is 5.82. The van der Waals surface area contributed by atoms with Crippen molar-refractivity contribution in [2.75, 3.05) is 6.26 Å². The van der Waals surface area contributed by atoms with Gasteiger partial charge in [0.05, 0.1) is 0 Å². The van der Waals surface area contributed by atoms with Crippen molar-refractivity contribution in [3.05, 3.63) is 35.9 Å². The molecule has 1 unspecified atom stereocenters. The molecule has 0 aliphatic carbocycles. The van der Waals surface area contributed by atoms with E-state index >= 15 is 0 Å². The smallest absolute Gasteiger partial charge is 0.184 e. The van der Waals surface area contributed by atoms with Crippen LogP contribution in [0.25, 0.3) is 0 Å². The van der Waals surface area contributed by atoms with Crippen LogP contribution in [-0.4, -0.2) is 16.2 Å². The van der Waals surface area contributed by atoms with Gasteiger partial charge in [-0.15, -0.1) is 4.33 Å². The molecular formula is C10H12O4S. The van der Waals surface area contributed by atoms with Crippen molar-refractivity contribution in [1.82, 2.24) is 0 Å². The maximum atomic E-state index is 11.3. The van der Waals surface area contributed by atoms with E-state index in [9.17, 15) is 9.00 Å². The number of hydrogen-bond donors (Lipinski definition) is 0. The molecule has 1 aromatic carbocycles. The van der Waals surface area contributed by atoms with Gasteiger partial charge in [0.2, 0.25) is 0 Å². The van der Waals surface area contributed by atoms with Gasteiger partial charge in [-0.3, -0.25) is 4.79 Å². The van der Waals surface area contributed by atoms with Crippen LogP contribution in [0.4, 0.5) is 0 Å². The highest BCUT2D eigenvalue weighted by Crippen LogP contribution is 2.18. The standard InChI is InChI=1S/C10H12O4S/c1-8(11)10(13-14-15(2)12)9-6-4-3-5-7-9/h3-7,10H,1-2H3/t10-,15?/m0/s1. The summed E-state index contributed by atoms with van der Waals surface area (Å²) in [5, 5.41) is 0. The third-order valence-electron chi connectivity index (χ3n) is 1.70. The van der Waals surface area contributed by atoms with E-state index in [0.29, 0.717) is 5.56 Å². The lowest BCUT2D eigenvalue weighted by molar-refractivity contribution is -0.233. The van der Waals surface area contributed by atoms with Crippen molar-refractivity contribution in [1.29, 1.82) is 0 Å². The van der Waals surface area contributed by atoms with E-state index in [1.54, 1.807) is 24.3 Å². The average Bonchev–Trinajstić information content (AvgIpc) is 2.18. The van der Waals surface area contributed by atoms with E-state index in [0.717, 1.165) is 0 Å². The largest absolute Gasteiger partial charge is 0.297 e. The molecule has 0 heterocycles. The Morgan fingerprint density at radius 1 is 1.33 bits per heavy atom. The van der Waals surface area contributed by atoms with Gasteiger partial charge in [-0.1, -0.05) is 30.3 Å². The Balaban J connectivity index is 2.75. The van der Waals surface area contributed by atoms with Crippen molar-refractivity contribution in [2.45, 2.75) is 13.0 Å². The summed E-state index contributed by atoms with van der Waals surface area (Å²) < 4.78 is 15.1. The minimum absolute atomic E-state index is 0.202. The zero-order chi connectivity index (χ0) is 11.3. The number of rotatable bonds is 5. The molecule has 0 aliphatic heterocycles. The summed E-state index contributed by atoms with van der Waals surface area (Å²) in [5.74, 6) is -0.202. The van der Waals surface area contributed by atoms with Crippen LogP contribution in [0.3, 0.4) is 0 Å². The predicted molar refractivity (Wildman–Crippen MR) is 56.1 cm³/mol. The average molecular weight is 228 g/mol. The molecule has 0 saturated carbocycles. The third kappa shape index (κ3) is 3.91. The second-order valence-corrected chi connectivity index (χ2v) is 3.91. The molecule has 82 valence electrons. The summed E-state index contributed by atoms with van der Waals surface area (Å²) in [7, 11) is 0. The number of carbonyl (C=O) groups is 1. The number of ketones is 1. The van der Waals surface area contributed by atoms with Crippen molar-refractivity contribution < 1.29 is 18.2 Å². The Bertz CT molecular complexity index is 350. The van der Waals surface area contributed by atoms with E-state index in [2.05, 4.69) is 4.33 Å². The summed E-state index contributed by atoms with van der Waals surface area (Å²) >= 11 is -1.55. The molecule has 0 aliphatic rings. The molecule has 0 fully saturated rings. The van der Waals surface area contributed by atoms with Crippen LogP contribution in [-0.2, 0) is 25.1 Å². The summed E-state index contributed by atoms with van der Waals surface area (Å²) in [4.78, 5) is 16.1. The zero-order valence-electron chi connectivity index (χ0n) is 8.51. The highest BCUT2D eigenvalue weighted by molar-refractivity contribution is 7.79. The Morgan fingerprint density at radius 3 is 2.40 bits per heavy atom. The molecule has 0 amide bonds. The first-order chi connectivity index (χ1) is 7.11. The molecular weight excluding hydrogens is 216 g/mol. The van der Waals surface area contributed by atoms with Gasteiger partial charge in [0.1, 0.15) is 0 Å². The van der Waals surface area contributed by atoms with Crippen LogP contribution in [0, 0.1) is 0 Å². The van der Waals surface area contributed by atoms with Crippen LogP contribution < -0.4 is 0 Å². The normalized spacial score (nSPS) is 14.5. The molecule has 5 heteroatoms. The minimum Gasteiger partial charge on any atom is -0.297 e. The molecule has 1 rings (SSSR count). The van der Waals surface area contributed by atoms with Crippen molar-refractivity contribution in [3.63, 3.8) is 0 Å². The molecule has 2 atom stereocenters. The van der Waals surface area contributed by atoms with Gasteiger partial charge in [-0.2, -0.15) is 0 Å². The fourth-order valence-corrected chi connectivity index (χ4v) is 1.27.